The monoisotopic (exact) mass is 397 g/mol. The third kappa shape index (κ3) is 2.53. The summed E-state index contributed by atoms with van der Waals surface area (Å²) in [6.07, 6.45) is -0.666. The number of rotatable bonds is 3. The molecule has 3 aliphatic heterocycles. The summed E-state index contributed by atoms with van der Waals surface area (Å²) in [5.74, 6) is -0.507. The quantitative estimate of drug-likeness (QED) is 0.720. The van der Waals surface area contributed by atoms with E-state index >= 15 is 0 Å². The highest BCUT2D eigenvalue weighted by Gasteiger charge is 2.57. The second-order valence-corrected chi connectivity index (χ2v) is 7.30. The Morgan fingerprint density at radius 3 is 2.41 bits per heavy atom. The molecule has 0 N–H and O–H groups in total. The number of fused-ring (bicyclic) bond motifs is 3. The fourth-order valence-corrected chi connectivity index (χ4v) is 4.09. The number of esters is 1. The van der Waals surface area contributed by atoms with Crippen LogP contribution in [0.2, 0.25) is 0 Å². The van der Waals surface area contributed by atoms with Crippen molar-refractivity contribution < 1.29 is 19.1 Å². The number of para-hydroxylation sites is 1. The number of anilines is 1. The van der Waals surface area contributed by atoms with E-state index in [9.17, 15) is 14.4 Å². The molecule has 3 amide bonds. The molecular formula is C20H23N5O4. The van der Waals surface area contributed by atoms with Crippen molar-refractivity contribution >= 4 is 29.6 Å². The Morgan fingerprint density at radius 1 is 1.14 bits per heavy atom. The number of ether oxygens (including phenoxy) is 1. The molecule has 1 aromatic rings. The number of imide groups is 1. The number of aliphatic imine (C=N–C) groups is 1. The van der Waals surface area contributed by atoms with Gasteiger partial charge in [0.2, 0.25) is 5.96 Å². The minimum atomic E-state index is -1.02. The van der Waals surface area contributed by atoms with E-state index in [0.717, 1.165) is 22.0 Å². The Balaban J connectivity index is 1.76. The summed E-state index contributed by atoms with van der Waals surface area (Å²) in [6.45, 7) is 5.38. The predicted molar refractivity (Wildman–Crippen MR) is 106 cm³/mol. The van der Waals surface area contributed by atoms with Gasteiger partial charge in [-0.1, -0.05) is 18.2 Å². The molecule has 4 rings (SSSR count). The number of carbonyl (C=O) groups is 3. The summed E-state index contributed by atoms with van der Waals surface area (Å²) < 4.78 is 4.74. The highest BCUT2D eigenvalue weighted by Crippen LogP contribution is 2.40. The summed E-state index contributed by atoms with van der Waals surface area (Å²) >= 11 is 0. The van der Waals surface area contributed by atoms with Gasteiger partial charge in [0.15, 0.2) is 12.2 Å². The first-order chi connectivity index (χ1) is 13.8. The zero-order valence-electron chi connectivity index (χ0n) is 17.0. The molecule has 1 fully saturated rings. The summed E-state index contributed by atoms with van der Waals surface area (Å²) in [5, 5.41) is 0. The molecule has 29 heavy (non-hydrogen) atoms. The summed E-state index contributed by atoms with van der Waals surface area (Å²) in [4.78, 5) is 49.2. The number of guanidine groups is 1. The van der Waals surface area contributed by atoms with E-state index in [1.807, 2.05) is 54.0 Å². The highest BCUT2D eigenvalue weighted by atomic mass is 16.5. The van der Waals surface area contributed by atoms with Gasteiger partial charge in [-0.15, -0.1) is 0 Å². The molecular weight excluding hydrogens is 374 g/mol. The van der Waals surface area contributed by atoms with Crippen LogP contribution in [0, 0.1) is 0 Å². The fourth-order valence-electron chi connectivity index (χ4n) is 4.09. The minimum Gasteiger partial charge on any atom is -0.467 e. The van der Waals surface area contributed by atoms with Gasteiger partial charge in [0.25, 0.3) is 5.91 Å². The Bertz CT molecular complexity index is 957. The molecule has 9 nitrogen and oxygen atoms in total. The average Bonchev–Trinajstić information content (AvgIpc) is 3.22. The minimum absolute atomic E-state index is 0.461. The third-order valence-corrected chi connectivity index (χ3v) is 5.78. The first kappa shape index (κ1) is 19.0. The topological polar surface area (TPSA) is 85.8 Å². The van der Waals surface area contributed by atoms with Crippen LogP contribution in [-0.4, -0.2) is 71.0 Å². The van der Waals surface area contributed by atoms with E-state index in [4.69, 9.17) is 9.73 Å². The summed E-state index contributed by atoms with van der Waals surface area (Å²) in [6, 6.07) is 7.41. The van der Waals surface area contributed by atoms with Gasteiger partial charge in [0.05, 0.1) is 7.11 Å². The van der Waals surface area contributed by atoms with Gasteiger partial charge in [0, 0.05) is 24.1 Å². The number of hydrogen-bond donors (Lipinski definition) is 0. The maximum absolute atomic E-state index is 13.4. The van der Waals surface area contributed by atoms with Crippen molar-refractivity contribution in [3.05, 3.63) is 41.7 Å². The number of likely N-dealkylation sites (N-methyl/N-ethyl adjacent to an activating group) is 1. The molecule has 0 aliphatic carbocycles. The molecule has 0 saturated carbocycles. The Kier molecular flexibility index (Phi) is 4.33. The van der Waals surface area contributed by atoms with Crippen molar-refractivity contribution in [1.29, 1.82) is 0 Å². The molecule has 0 radical (unpaired) electrons. The van der Waals surface area contributed by atoms with E-state index in [0.29, 0.717) is 5.96 Å². The summed E-state index contributed by atoms with van der Waals surface area (Å²) in [7, 11) is 2.82. The smallest absolute Gasteiger partial charge is 0.329 e. The lowest BCUT2D eigenvalue weighted by Gasteiger charge is -2.42. The van der Waals surface area contributed by atoms with Crippen LogP contribution in [0.3, 0.4) is 0 Å². The SMILES string of the molecule is COC(=O)C(C)N1C(=O)C2C(N=C3N(c4ccccc4)C(C)=C(C)N32)N(C)C1=O. The highest BCUT2D eigenvalue weighted by molar-refractivity contribution is 6.11. The molecule has 3 unspecified atom stereocenters. The molecule has 3 aliphatic rings. The second-order valence-electron chi connectivity index (χ2n) is 7.30. The normalized spacial score (nSPS) is 24.7. The predicted octanol–water partition coefficient (Wildman–Crippen LogP) is 1.58. The number of nitrogens with zero attached hydrogens (tertiary/aromatic N) is 5. The van der Waals surface area contributed by atoms with Gasteiger partial charge < -0.3 is 9.64 Å². The van der Waals surface area contributed by atoms with E-state index in [1.54, 1.807) is 7.05 Å². The van der Waals surface area contributed by atoms with Crippen molar-refractivity contribution in [3.8, 4) is 0 Å². The van der Waals surface area contributed by atoms with Crippen molar-refractivity contribution in [2.24, 2.45) is 4.99 Å². The molecule has 0 bridgehead atoms. The Morgan fingerprint density at radius 2 is 1.79 bits per heavy atom. The fraction of sp³-hybridized carbons (Fsp3) is 0.400. The summed E-state index contributed by atoms with van der Waals surface area (Å²) in [5.41, 5.74) is 2.75. The zero-order valence-corrected chi connectivity index (χ0v) is 17.0. The van der Waals surface area contributed by atoms with Crippen molar-refractivity contribution in [1.82, 2.24) is 14.7 Å². The van der Waals surface area contributed by atoms with Crippen molar-refractivity contribution in [2.45, 2.75) is 39.0 Å². The maximum Gasteiger partial charge on any atom is 0.329 e. The third-order valence-electron chi connectivity index (χ3n) is 5.78. The number of carbonyl (C=O) groups excluding carboxylic acids is 3. The molecule has 0 spiro atoms. The number of urea groups is 1. The van der Waals surface area contributed by atoms with E-state index in [2.05, 4.69) is 0 Å². The van der Waals surface area contributed by atoms with E-state index < -0.39 is 36.2 Å². The van der Waals surface area contributed by atoms with Crippen LogP contribution in [0.5, 0.6) is 0 Å². The van der Waals surface area contributed by atoms with Gasteiger partial charge >= 0.3 is 12.0 Å². The standard InChI is InChI=1S/C20H23N5O4/c1-11-12(2)24-15-16(21-19(24)23(11)14-9-7-6-8-10-14)22(4)20(28)25(17(15)26)13(3)18(27)29-5/h6-10,13,15-16H,1-5H3. The van der Waals surface area contributed by atoms with Crippen LogP contribution in [-0.2, 0) is 14.3 Å². The lowest BCUT2D eigenvalue weighted by Crippen LogP contribution is -2.67. The first-order valence-corrected chi connectivity index (χ1v) is 9.37. The van der Waals surface area contributed by atoms with Gasteiger partial charge in [-0.3, -0.25) is 14.6 Å². The number of allylic oxidation sites excluding steroid dienone is 2. The average molecular weight is 397 g/mol. The molecule has 152 valence electrons. The number of hydrogen-bond acceptors (Lipinski definition) is 7. The largest absolute Gasteiger partial charge is 0.467 e. The second kappa shape index (κ2) is 6.61. The number of benzene rings is 1. The van der Waals surface area contributed by atoms with Crippen LogP contribution in [0.15, 0.2) is 46.7 Å². The number of amides is 3. The molecule has 3 heterocycles. The van der Waals surface area contributed by atoms with Gasteiger partial charge in [-0.05, 0) is 32.9 Å². The van der Waals surface area contributed by atoms with Crippen LogP contribution in [0.25, 0.3) is 0 Å². The molecule has 0 aromatic heterocycles. The Hall–Kier alpha value is -3.36. The first-order valence-electron chi connectivity index (χ1n) is 9.37. The van der Waals surface area contributed by atoms with Gasteiger partial charge in [-0.2, -0.15) is 0 Å². The van der Waals surface area contributed by atoms with Crippen LogP contribution in [0.4, 0.5) is 10.5 Å². The molecule has 1 saturated heterocycles. The van der Waals surface area contributed by atoms with Crippen LogP contribution in [0.1, 0.15) is 20.8 Å². The molecule has 3 atom stereocenters. The van der Waals surface area contributed by atoms with Crippen molar-refractivity contribution in [2.75, 3.05) is 19.1 Å². The van der Waals surface area contributed by atoms with E-state index in [1.165, 1.54) is 18.9 Å². The Labute approximate surface area is 168 Å². The molecule has 9 heteroatoms. The van der Waals surface area contributed by atoms with E-state index in [-0.39, 0.29) is 0 Å². The van der Waals surface area contributed by atoms with Crippen molar-refractivity contribution in [3.63, 3.8) is 0 Å². The number of methoxy groups -OCH3 is 1. The maximum atomic E-state index is 13.4. The molecule has 1 aromatic carbocycles. The zero-order chi connectivity index (χ0) is 21.0. The van der Waals surface area contributed by atoms with Crippen LogP contribution < -0.4 is 4.90 Å². The van der Waals surface area contributed by atoms with Gasteiger partial charge in [-0.25, -0.2) is 19.5 Å². The van der Waals surface area contributed by atoms with Crippen LogP contribution >= 0.6 is 0 Å². The van der Waals surface area contributed by atoms with Gasteiger partial charge in [0.1, 0.15) is 6.04 Å². The lowest BCUT2D eigenvalue weighted by molar-refractivity contribution is -0.153. The lowest BCUT2D eigenvalue weighted by atomic mass is 10.1.